The topological polar surface area (TPSA) is 107 Å². The molecular formula is C15H14ClN2O5S2-. The summed E-state index contributed by atoms with van der Waals surface area (Å²) in [4.78, 5) is 28.1. The Kier molecular flexibility index (Phi) is 5.08. The summed E-state index contributed by atoms with van der Waals surface area (Å²) >= 11 is 7.25. The molecule has 2 aliphatic rings. The molecule has 0 aliphatic carbocycles. The third-order valence-corrected chi connectivity index (χ3v) is 7.36. The fraction of sp³-hybridized carbons (Fsp3) is 0.400. The van der Waals surface area contributed by atoms with Gasteiger partial charge in [0.1, 0.15) is 0 Å². The third-order valence-electron chi connectivity index (χ3n) is 3.92. The van der Waals surface area contributed by atoms with Gasteiger partial charge in [-0.3, -0.25) is 4.79 Å². The fourth-order valence-electron chi connectivity index (χ4n) is 2.86. The molecule has 2 atom stereocenters. The summed E-state index contributed by atoms with van der Waals surface area (Å²) < 4.78 is 23.9. The highest BCUT2D eigenvalue weighted by Crippen LogP contribution is 2.41. The molecule has 0 unspecified atom stereocenters. The predicted molar refractivity (Wildman–Crippen MR) is 94.4 cm³/mol. The number of carboxylic acids is 1. The molecular weight excluding hydrogens is 388 g/mol. The first-order valence-electron chi connectivity index (χ1n) is 7.48. The number of benzene rings is 1. The summed E-state index contributed by atoms with van der Waals surface area (Å²) in [5.41, 5.74) is 0.649. The van der Waals surface area contributed by atoms with Crippen LogP contribution in [-0.2, 0) is 19.4 Å². The first-order chi connectivity index (χ1) is 11.7. The lowest BCUT2D eigenvalue weighted by Gasteiger charge is -2.24. The van der Waals surface area contributed by atoms with Gasteiger partial charge in [-0.25, -0.2) is 8.42 Å². The van der Waals surface area contributed by atoms with Crippen molar-refractivity contribution >= 4 is 55.9 Å². The number of aliphatic carboxylic acids is 1. The predicted octanol–water partition coefficient (Wildman–Crippen LogP) is 0.472. The Hall–Kier alpha value is -1.58. The monoisotopic (exact) mass is 401 g/mol. The van der Waals surface area contributed by atoms with Crippen molar-refractivity contribution in [3.63, 3.8) is 0 Å². The minimum Gasteiger partial charge on any atom is -0.550 e. The van der Waals surface area contributed by atoms with Gasteiger partial charge >= 0.3 is 0 Å². The lowest BCUT2D eigenvalue weighted by atomic mass is 10.2. The molecule has 0 bridgehead atoms. The Morgan fingerprint density at radius 2 is 2.08 bits per heavy atom. The van der Waals surface area contributed by atoms with Gasteiger partial charge in [-0.1, -0.05) is 29.4 Å². The summed E-state index contributed by atoms with van der Waals surface area (Å²) in [6.07, 6.45) is -0.665. The van der Waals surface area contributed by atoms with E-state index in [0.29, 0.717) is 15.9 Å². The van der Waals surface area contributed by atoms with Gasteiger partial charge in [0.25, 0.3) is 0 Å². The van der Waals surface area contributed by atoms with Crippen molar-refractivity contribution in [3.05, 3.63) is 29.3 Å². The molecule has 1 aromatic carbocycles. The number of rotatable bonds is 4. The van der Waals surface area contributed by atoms with E-state index in [9.17, 15) is 23.1 Å². The van der Waals surface area contributed by atoms with Gasteiger partial charge in [0.2, 0.25) is 5.91 Å². The number of carboxylic acid groups (broad SMARTS) is 1. The second-order valence-corrected chi connectivity index (χ2v) is 9.61. The first kappa shape index (κ1) is 18.2. The molecule has 3 rings (SSSR count). The Morgan fingerprint density at radius 3 is 2.76 bits per heavy atom. The van der Waals surface area contributed by atoms with E-state index in [1.165, 1.54) is 11.8 Å². The number of hydrogen-bond donors (Lipinski definition) is 0. The molecule has 7 nitrogen and oxygen atoms in total. The lowest BCUT2D eigenvalue weighted by Crippen LogP contribution is -2.37. The maximum absolute atomic E-state index is 11.9. The molecule has 1 amide bonds. The number of carbonyl (C=O) groups is 2. The van der Waals surface area contributed by atoms with Crippen molar-refractivity contribution in [2.45, 2.75) is 24.1 Å². The van der Waals surface area contributed by atoms with E-state index in [0.717, 1.165) is 0 Å². The van der Waals surface area contributed by atoms with Crippen molar-refractivity contribution < 1.29 is 23.1 Å². The van der Waals surface area contributed by atoms with Crippen LogP contribution in [-0.4, -0.2) is 48.3 Å². The molecule has 2 fully saturated rings. The standard InChI is InChI=1S/C15H15ClN2O5S2/c16-9-2-1-3-10(6-9)18-11-7-25(22,23)8-12(11)24-15(18)17-13(19)4-5-14(20)21/h1-3,6,11-12H,4-5,7-8H2,(H,20,21)/p-1/t11-,12-/m0/s1. The third kappa shape index (κ3) is 4.16. The van der Waals surface area contributed by atoms with Crippen molar-refractivity contribution in [2.24, 2.45) is 4.99 Å². The van der Waals surface area contributed by atoms with E-state index >= 15 is 0 Å². The number of nitrogens with zero attached hydrogens (tertiary/aromatic N) is 2. The number of amidine groups is 1. The molecule has 0 radical (unpaired) electrons. The SMILES string of the molecule is O=C([O-])CCC(=O)N=C1S[C@H]2CS(=O)(=O)C[C@@H]2N1c1cccc(Cl)c1. The van der Waals surface area contributed by atoms with Crippen LogP contribution in [0.3, 0.4) is 0 Å². The zero-order chi connectivity index (χ0) is 18.2. The highest BCUT2D eigenvalue weighted by molar-refractivity contribution is 8.16. The van der Waals surface area contributed by atoms with Crippen molar-refractivity contribution in [2.75, 3.05) is 16.4 Å². The number of fused-ring (bicyclic) bond motifs is 1. The summed E-state index contributed by atoms with van der Waals surface area (Å²) in [6, 6.07) is 6.53. The largest absolute Gasteiger partial charge is 0.550 e. The number of hydrogen-bond acceptors (Lipinski definition) is 6. The minimum absolute atomic E-state index is 0.0195. The van der Waals surface area contributed by atoms with E-state index in [1.54, 1.807) is 29.2 Å². The second-order valence-electron chi connectivity index (χ2n) is 5.81. The van der Waals surface area contributed by atoms with Gasteiger partial charge in [-0.05, 0) is 24.6 Å². The van der Waals surface area contributed by atoms with Crippen molar-refractivity contribution in [3.8, 4) is 0 Å². The normalized spacial score (nSPS) is 26.0. The summed E-state index contributed by atoms with van der Waals surface area (Å²) in [5, 5.41) is 11.1. The van der Waals surface area contributed by atoms with Crippen LogP contribution in [0.4, 0.5) is 5.69 Å². The molecule has 134 valence electrons. The number of amides is 1. The van der Waals surface area contributed by atoms with Gasteiger partial charge in [-0.15, -0.1) is 0 Å². The van der Waals surface area contributed by atoms with Crippen molar-refractivity contribution in [1.29, 1.82) is 0 Å². The lowest BCUT2D eigenvalue weighted by molar-refractivity contribution is -0.305. The van der Waals surface area contributed by atoms with Crippen LogP contribution in [0.5, 0.6) is 0 Å². The Morgan fingerprint density at radius 1 is 1.32 bits per heavy atom. The van der Waals surface area contributed by atoms with Gasteiger partial charge in [0.05, 0.1) is 17.5 Å². The molecule has 2 heterocycles. The number of sulfone groups is 1. The molecule has 0 N–H and O–H groups in total. The quantitative estimate of drug-likeness (QED) is 0.721. The summed E-state index contributed by atoms with van der Waals surface area (Å²) in [6.45, 7) is 0. The first-order valence-corrected chi connectivity index (χ1v) is 10.6. The second kappa shape index (κ2) is 6.97. The molecule has 25 heavy (non-hydrogen) atoms. The van der Waals surface area contributed by atoms with Gasteiger partial charge < -0.3 is 14.8 Å². The average molecular weight is 402 g/mol. The van der Waals surface area contributed by atoms with Crippen LogP contribution in [0.15, 0.2) is 29.3 Å². The van der Waals surface area contributed by atoms with Crippen LogP contribution in [0.1, 0.15) is 12.8 Å². The Balaban J connectivity index is 1.92. The summed E-state index contributed by atoms with van der Waals surface area (Å²) in [5.74, 6) is -1.90. The van der Waals surface area contributed by atoms with Crippen LogP contribution in [0.2, 0.25) is 5.02 Å². The summed E-state index contributed by atoms with van der Waals surface area (Å²) in [7, 11) is -3.15. The van der Waals surface area contributed by atoms with E-state index < -0.39 is 28.1 Å². The zero-order valence-corrected chi connectivity index (χ0v) is 15.3. The molecule has 1 aromatic rings. The van der Waals surface area contributed by atoms with E-state index in [1.807, 2.05) is 0 Å². The molecule has 0 spiro atoms. The van der Waals surface area contributed by atoms with Crippen LogP contribution < -0.4 is 10.0 Å². The zero-order valence-electron chi connectivity index (χ0n) is 12.9. The number of aliphatic imine (C=N–C) groups is 1. The Labute approximate surface area is 154 Å². The number of halogens is 1. The van der Waals surface area contributed by atoms with Crippen molar-refractivity contribution in [1.82, 2.24) is 0 Å². The molecule has 2 saturated heterocycles. The van der Waals surface area contributed by atoms with Gasteiger partial charge in [0, 0.05) is 28.4 Å². The average Bonchev–Trinajstić information content (AvgIpc) is 2.96. The van der Waals surface area contributed by atoms with Crippen LogP contribution >= 0.6 is 23.4 Å². The highest BCUT2D eigenvalue weighted by atomic mass is 35.5. The minimum atomic E-state index is -3.15. The molecule has 2 aliphatic heterocycles. The highest BCUT2D eigenvalue weighted by Gasteiger charge is 2.49. The number of carbonyl (C=O) groups excluding carboxylic acids is 2. The van der Waals surface area contributed by atoms with Gasteiger partial charge in [-0.2, -0.15) is 4.99 Å². The molecule has 0 saturated carbocycles. The number of anilines is 1. The van der Waals surface area contributed by atoms with Crippen LogP contribution in [0, 0.1) is 0 Å². The fourth-order valence-corrected chi connectivity index (χ4v) is 6.98. The molecule has 0 aromatic heterocycles. The van der Waals surface area contributed by atoms with E-state index in [-0.39, 0.29) is 29.2 Å². The van der Waals surface area contributed by atoms with Crippen LogP contribution in [0.25, 0.3) is 0 Å². The maximum atomic E-state index is 11.9. The van der Waals surface area contributed by atoms with E-state index in [4.69, 9.17) is 11.6 Å². The van der Waals surface area contributed by atoms with Gasteiger partial charge in [0.15, 0.2) is 15.0 Å². The van der Waals surface area contributed by atoms with E-state index in [2.05, 4.69) is 4.99 Å². The smallest absolute Gasteiger partial charge is 0.248 e. The molecule has 10 heteroatoms. The number of thioether (sulfide) groups is 1. The maximum Gasteiger partial charge on any atom is 0.248 e. The Bertz CT molecular complexity index is 855.